The van der Waals surface area contributed by atoms with Crippen LogP contribution in [-0.2, 0) is 0 Å². The first kappa shape index (κ1) is 11.8. The number of hydrogen-bond donors (Lipinski definition) is 0. The number of carbonyl (C=O) groups is 1. The molecule has 1 aliphatic heterocycles. The molecule has 0 saturated heterocycles. The third-order valence-corrected chi connectivity index (χ3v) is 4.09. The molecule has 3 rings (SSSR count). The van der Waals surface area contributed by atoms with Crippen molar-refractivity contribution in [3.63, 3.8) is 0 Å². The molecule has 92 valence electrons. The predicted octanol–water partition coefficient (Wildman–Crippen LogP) is 3.29. The molecule has 0 fully saturated rings. The van der Waals surface area contributed by atoms with Crippen molar-refractivity contribution in [2.45, 2.75) is 10.3 Å². The van der Waals surface area contributed by atoms with Crippen molar-refractivity contribution in [1.82, 2.24) is 0 Å². The van der Waals surface area contributed by atoms with E-state index in [1.165, 1.54) is 11.8 Å². The zero-order chi connectivity index (χ0) is 13.2. The summed E-state index contributed by atoms with van der Waals surface area (Å²) in [5.74, 6) is -0.135. The highest BCUT2D eigenvalue weighted by molar-refractivity contribution is 8.00. The molecule has 0 aromatic heterocycles. The second kappa shape index (κ2) is 4.79. The predicted molar refractivity (Wildman–Crippen MR) is 75.0 cm³/mol. The molecule has 0 bridgehead atoms. The van der Waals surface area contributed by atoms with Gasteiger partial charge in [0.15, 0.2) is 5.37 Å². The van der Waals surface area contributed by atoms with Crippen LogP contribution >= 0.6 is 11.8 Å². The maximum Gasteiger partial charge on any atom is 0.260 e. The summed E-state index contributed by atoms with van der Waals surface area (Å²) in [6.45, 7) is 0. The second-order valence-electron chi connectivity index (χ2n) is 4.11. The number of thioether (sulfide) groups is 1. The van der Waals surface area contributed by atoms with Gasteiger partial charge >= 0.3 is 0 Å². The van der Waals surface area contributed by atoms with Crippen molar-refractivity contribution in [1.29, 1.82) is 5.26 Å². The molecule has 0 unspecified atom stereocenters. The van der Waals surface area contributed by atoms with Crippen molar-refractivity contribution in [3.8, 4) is 6.07 Å². The molecule has 1 heterocycles. The maximum absolute atomic E-state index is 12.5. The molecule has 2 aromatic carbocycles. The molecule has 3 nitrogen and oxygen atoms in total. The summed E-state index contributed by atoms with van der Waals surface area (Å²) in [7, 11) is 0. The van der Waals surface area contributed by atoms with E-state index in [0.29, 0.717) is 5.56 Å². The quantitative estimate of drug-likeness (QED) is 0.795. The average molecular weight is 266 g/mol. The fraction of sp³-hybridized carbons (Fsp3) is 0.0667. The standard InChI is InChI=1S/C15H10N2OS/c16-10-14-17(12-8-4-5-9-13(12)19-14)15(18)11-6-2-1-3-7-11/h1-9,14H/t14-/m1/s1. The summed E-state index contributed by atoms with van der Waals surface area (Å²) >= 11 is 1.41. The fourth-order valence-electron chi connectivity index (χ4n) is 2.07. The topological polar surface area (TPSA) is 44.1 Å². The normalized spacial score (nSPS) is 16.8. The SMILES string of the molecule is N#C[C@H]1Sc2ccccc2N1C(=O)c1ccccc1. The van der Waals surface area contributed by atoms with Crippen LogP contribution in [-0.4, -0.2) is 11.3 Å². The van der Waals surface area contributed by atoms with E-state index in [-0.39, 0.29) is 5.91 Å². The van der Waals surface area contributed by atoms with E-state index in [1.807, 2.05) is 42.5 Å². The van der Waals surface area contributed by atoms with E-state index in [2.05, 4.69) is 6.07 Å². The van der Waals surface area contributed by atoms with Gasteiger partial charge in [-0.1, -0.05) is 42.1 Å². The summed E-state index contributed by atoms with van der Waals surface area (Å²) in [5, 5.41) is 8.74. The van der Waals surface area contributed by atoms with Gasteiger partial charge in [-0.2, -0.15) is 5.26 Å². The first-order valence-corrected chi connectivity index (χ1v) is 6.73. The van der Waals surface area contributed by atoms with Gasteiger partial charge in [0, 0.05) is 10.5 Å². The Balaban J connectivity index is 2.04. The minimum Gasteiger partial charge on any atom is -0.281 e. The van der Waals surface area contributed by atoms with Crippen LogP contribution in [0.5, 0.6) is 0 Å². The lowest BCUT2D eigenvalue weighted by Gasteiger charge is -2.19. The number of nitriles is 1. The van der Waals surface area contributed by atoms with E-state index < -0.39 is 5.37 Å². The van der Waals surface area contributed by atoms with Crippen molar-refractivity contribution < 1.29 is 4.79 Å². The number of fused-ring (bicyclic) bond motifs is 1. The van der Waals surface area contributed by atoms with E-state index in [4.69, 9.17) is 0 Å². The van der Waals surface area contributed by atoms with Gasteiger partial charge in [0.25, 0.3) is 5.91 Å². The minimum absolute atomic E-state index is 0.135. The lowest BCUT2D eigenvalue weighted by atomic mass is 10.2. The number of carbonyl (C=O) groups excluding carboxylic acids is 1. The van der Waals surface area contributed by atoms with Crippen molar-refractivity contribution in [3.05, 3.63) is 60.2 Å². The Labute approximate surface area is 115 Å². The molecule has 4 heteroatoms. The number of para-hydroxylation sites is 1. The van der Waals surface area contributed by atoms with E-state index in [9.17, 15) is 10.1 Å². The van der Waals surface area contributed by atoms with E-state index >= 15 is 0 Å². The van der Waals surface area contributed by atoms with Gasteiger partial charge in [0.1, 0.15) is 0 Å². The van der Waals surface area contributed by atoms with Crippen LogP contribution in [0.25, 0.3) is 0 Å². The Hall–Kier alpha value is -2.25. The third-order valence-electron chi connectivity index (χ3n) is 2.95. The van der Waals surface area contributed by atoms with Gasteiger partial charge in [-0.3, -0.25) is 9.69 Å². The summed E-state index contributed by atoms with van der Waals surface area (Å²) in [5.41, 5.74) is 1.41. The second-order valence-corrected chi connectivity index (χ2v) is 5.23. The van der Waals surface area contributed by atoms with Crippen LogP contribution in [0.2, 0.25) is 0 Å². The summed E-state index contributed by atoms with van der Waals surface area (Å²) in [6.07, 6.45) is 0. The van der Waals surface area contributed by atoms with Gasteiger partial charge in [-0.25, -0.2) is 0 Å². The summed E-state index contributed by atoms with van der Waals surface area (Å²) in [6, 6.07) is 18.8. The van der Waals surface area contributed by atoms with Crippen LogP contribution in [0.4, 0.5) is 5.69 Å². The maximum atomic E-state index is 12.5. The smallest absolute Gasteiger partial charge is 0.260 e. The minimum atomic E-state index is -0.495. The molecule has 2 aromatic rings. The van der Waals surface area contributed by atoms with E-state index in [1.54, 1.807) is 17.0 Å². The number of amides is 1. The highest BCUT2D eigenvalue weighted by Gasteiger charge is 2.34. The van der Waals surface area contributed by atoms with E-state index in [0.717, 1.165) is 10.6 Å². The number of nitrogens with zero attached hydrogens (tertiary/aromatic N) is 2. The van der Waals surface area contributed by atoms with Gasteiger partial charge in [-0.15, -0.1) is 0 Å². The lowest BCUT2D eigenvalue weighted by molar-refractivity contribution is 0.0988. The van der Waals surface area contributed by atoms with Crippen LogP contribution in [0.1, 0.15) is 10.4 Å². The Morgan fingerprint density at radius 2 is 1.79 bits per heavy atom. The number of benzene rings is 2. The van der Waals surface area contributed by atoms with Crippen molar-refractivity contribution in [2.75, 3.05) is 4.90 Å². The molecule has 0 spiro atoms. The van der Waals surface area contributed by atoms with Crippen LogP contribution in [0.15, 0.2) is 59.5 Å². The molecule has 1 atom stereocenters. The molecule has 0 N–H and O–H groups in total. The Kier molecular flexibility index (Phi) is 2.98. The Morgan fingerprint density at radius 1 is 1.11 bits per heavy atom. The first-order chi connectivity index (χ1) is 9.31. The number of rotatable bonds is 1. The Morgan fingerprint density at radius 3 is 2.53 bits per heavy atom. The average Bonchev–Trinajstić information content (AvgIpc) is 2.86. The van der Waals surface area contributed by atoms with Crippen LogP contribution in [0, 0.1) is 11.3 Å². The zero-order valence-electron chi connectivity index (χ0n) is 9.98. The highest BCUT2D eigenvalue weighted by Crippen LogP contribution is 2.43. The van der Waals surface area contributed by atoms with Crippen LogP contribution in [0.3, 0.4) is 0 Å². The van der Waals surface area contributed by atoms with Gasteiger partial charge in [-0.05, 0) is 24.3 Å². The largest absolute Gasteiger partial charge is 0.281 e. The third kappa shape index (κ3) is 1.98. The lowest BCUT2D eigenvalue weighted by Crippen LogP contribution is -2.34. The molecule has 0 saturated carbocycles. The van der Waals surface area contributed by atoms with Gasteiger partial charge < -0.3 is 0 Å². The summed E-state index contributed by atoms with van der Waals surface area (Å²) < 4.78 is 0. The van der Waals surface area contributed by atoms with Gasteiger partial charge in [0.05, 0.1) is 11.8 Å². The molecular weight excluding hydrogens is 256 g/mol. The number of anilines is 1. The number of hydrogen-bond acceptors (Lipinski definition) is 3. The molecule has 1 amide bonds. The Bertz CT molecular complexity index is 663. The molecule has 0 aliphatic carbocycles. The summed E-state index contributed by atoms with van der Waals surface area (Å²) in [4.78, 5) is 15.1. The molecule has 0 radical (unpaired) electrons. The van der Waals surface area contributed by atoms with Crippen molar-refractivity contribution >= 4 is 23.4 Å². The van der Waals surface area contributed by atoms with Gasteiger partial charge in [0.2, 0.25) is 0 Å². The first-order valence-electron chi connectivity index (χ1n) is 5.85. The molecular formula is C15H10N2OS. The zero-order valence-corrected chi connectivity index (χ0v) is 10.8. The highest BCUT2D eigenvalue weighted by atomic mass is 32.2. The molecule has 1 aliphatic rings. The van der Waals surface area contributed by atoms with Crippen molar-refractivity contribution in [2.24, 2.45) is 0 Å². The fourth-order valence-corrected chi connectivity index (χ4v) is 3.13. The van der Waals surface area contributed by atoms with Crippen LogP contribution < -0.4 is 4.90 Å². The monoisotopic (exact) mass is 266 g/mol. The molecule has 19 heavy (non-hydrogen) atoms.